The fraction of sp³-hybridized carbons (Fsp3) is 0.444. The van der Waals surface area contributed by atoms with Crippen molar-refractivity contribution in [2.45, 2.75) is 45.4 Å². The Bertz CT molecular complexity index is 1040. The molecule has 180 valence electrons. The third-order valence-corrected chi connectivity index (χ3v) is 7.32. The van der Waals surface area contributed by atoms with Crippen LogP contribution >= 0.6 is 0 Å². The highest BCUT2D eigenvalue weighted by atomic mass is 16.5. The number of nitrogens with one attached hydrogen (secondary N) is 2. The van der Waals surface area contributed by atoms with Crippen LogP contribution in [0.1, 0.15) is 56.6 Å². The van der Waals surface area contributed by atoms with Gasteiger partial charge in [0.2, 0.25) is 5.91 Å². The first-order valence-corrected chi connectivity index (χ1v) is 11.8. The first-order valence-electron chi connectivity index (χ1n) is 11.8. The highest BCUT2D eigenvalue weighted by molar-refractivity contribution is 5.84. The summed E-state index contributed by atoms with van der Waals surface area (Å²) >= 11 is 0. The highest BCUT2D eigenvalue weighted by Crippen LogP contribution is 2.44. The summed E-state index contributed by atoms with van der Waals surface area (Å²) in [6.45, 7) is 3.99. The number of rotatable bonds is 9. The van der Waals surface area contributed by atoms with Crippen LogP contribution in [0.4, 0.5) is 4.79 Å². The number of fused-ring (bicyclic) bond motifs is 3. The molecule has 0 heterocycles. The lowest BCUT2D eigenvalue weighted by atomic mass is 9.68. The average Bonchev–Trinajstić information content (AvgIpc) is 3.10. The number of benzene rings is 2. The number of hydrogen-bond acceptors (Lipinski definition) is 4. The molecule has 0 aliphatic heterocycles. The largest absolute Gasteiger partial charge is 0.481 e. The van der Waals surface area contributed by atoms with Crippen LogP contribution in [0.25, 0.3) is 11.1 Å². The van der Waals surface area contributed by atoms with Gasteiger partial charge in [-0.2, -0.15) is 0 Å². The Morgan fingerprint density at radius 1 is 1.00 bits per heavy atom. The predicted octanol–water partition coefficient (Wildman–Crippen LogP) is 4.31. The molecule has 2 aromatic carbocycles. The molecule has 4 rings (SSSR count). The molecule has 1 fully saturated rings. The van der Waals surface area contributed by atoms with E-state index in [9.17, 15) is 19.5 Å². The molecule has 0 atom stereocenters. The van der Waals surface area contributed by atoms with E-state index in [0.29, 0.717) is 19.3 Å². The zero-order valence-electron chi connectivity index (χ0n) is 19.7. The summed E-state index contributed by atoms with van der Waals surface area (Å²) in [5.41, 5.74) is 3.08. The van der Waals surface area contributed by atoms with Gasteiger partial charge >= 0.3 is 12.1 Å². The maximum absolute atomic E-state index is 12.8. The van der Waals surface area contributed by atoms with E-state index in [0.717, 1.165) is 17.5 Å². The fourth-order valence-corrected chi connectivity index (χ4v) is 4.76. The number of carbonyl (C=O) groups is 3. The lowest BCUT2D eigenvalue weighted by Crippen LogP contribution is -2.53. The molecule has 1 saturated carbocycles. The minimum absolute atomic E-state index is 0.0169. The average molecular weight is 465 g/mol. The van der Waals surface area contributed by atoms with Crippen LogP contribution in [0.15, 0.2) is 48.5 Å². The minimum Gasteiger partial charge on any atom is -0.481 e. The van der Waals surface area contributed by atoms with E-state index in [1.54, 1.807) is 13.8 Å². The van der Waals surface area contributed by atoms with Gasteiger partial charge in [0.1, 0.15) is 6.61 Å². The molecule has 0 bridgehead atoms. The Labute approximate surface area is 199 Å². The van der Waals surface area contributed by atoms with E-state index in [1.165, 1.54) is 11.1 Å². The van der Waals surface area contributed by atoms with Gasteiger partial charge in [0.05, 0.1) is 10.8 Å². The zero-order valence-corrected chi connectivity index (χ0v) is 19.7. The molecular weight excluding hydrogens is 432 g/mol. The van der Waals surface area contributed by atoms with Gasteiger partial charge in [0.25, 0.3) is 0 Å². The van der Waals surface area contributed by atoms with Crippen molar-refractivity contribution >= 4 is 18.0 Å². The Hall–Kier alpha value is -3.35. The number of carboxylic acid groups (broad SMARTS) is 1. The van der Waals surface area contributed by atoms with Gasteiger partial charge in [-0.3, -0.25) is 9.59 Å². The summed E-state index contributed by atoms with van der Waals surface area (Å²) in [5.74, 6) is -1.05. The van der Waals surface area contributed by atoms with E-state index in [1.807, 2.05) is 24.3 Å². The SMILES string of the molecule is CC(C)(CCNC(=O)C1(CNC(=O)OCC2c3ccccc3-c3ccccc32)CCC1)C(=O)O. The maximum Gasteiger partial charge on any atom is 0.407 e. The quantitative estimate of drug-likeness (QED) is 0.513. The molecule has 0 radical (unpaired) electrons. The summed E-state index contributed by atoms with van der Waals surface area (Å²) in [6.07, 6.45) is 2.09. The topological polar surface area (TPSA) is 105 Å². The number of ether oxygens (including phenoxy) is 1. The predicted molar refractivity (Wildman–Crippen MR) is 128 cm³/mol. The summed E-state index contributed by atoms with van der Waals surface area (Å²) < 4.78 is 5.59. The molecule has 2 aliphatic rings. The second kappa shape index (κ2) is 9.49. The van der Waals surface area contributed by atoms with Crippen molar-refractivity contribution in [3.63, 3.8) is 0 Å². The molecule has 2 amide bonds. The molecule has 2 aliphatic carbocycles. The van der Waals surface area contributed by atoms with Gasteiger partial charge in [0, 0.05) is 19.0 Å². The van der Waals surface area contributed by atoms with Crippen molar-refractivity contribution in [2.75, 3.05) is 19.7 Å². The number of hydrogen-bond donors (Lipinski definition) is 3. The van der Waals surface area contributed by atoms with Crippen LogP contribution in [-0.4, -0.2) is 42.8 Å². The second-order valence-corrected chi connectivity index (χ2v) is 10.0. The van der Waals surface area contributed by atoms with E-state index in [-0.39, 0.29) is 31.5 Å². The first-order chi connectivity index (χ1) is 16.2. The maximum atomic E-state index is 12.8. The van der Waals surface area contributed by atoms with Gasteiger partial charge in [-0.15, -0.1) is 0 Å². The molecule has 0 unspecified atom stereocenters. The first kappa shape index (κ1) is 23.8. The highest BCUT2D eigenvalue weighted by Gasteiger charge is 2.44. The molecule has 7 heteroatoms. The van der Waals surface area contributed by atoms with Crippen LogP contribution in [-0.2, 0) is 14.3 Å². The molecule has 0 spiro atoms. The molecule has 7 nitrogen and oxygen atoms in total. The normalized spacial score (nSPS) is 16.1. The standard InChI is InChI=1S/C27H32N2O5/c1-26(2,24(31)32)14-15-28-23(30)27(12-7-13-27)17-29-25(33)34-16-22-20-10-5-3-8-18(20)19-9-4-6-11-21(19)22/h3-6,8-11,22H,7,12-17H2,1-2H3,(H,28,30)(H,29,33)(H,31,32). The monoisotopic (exact) mass is 464 g/mol. The molecule has 2 aromatic rings. The zero-order chi connectivity index (χ0) is 24.3. The van der Waals surface area contributed by atoms with E-state index in [2.05, 4.69) is 34.9 Å². The number of carbonyl (C=O) groups excluding carboxylic acids is 2. The van der Waals surface area contributed by atoms with E-state index in [4.69, 9.17) is 4.74 Å². The number of alkyl carbamates (subject to hydrolysis) is 1. The minimum atomic E-state index is -0.903. The lowest BCUT2D eigenvalue weighted by molar-refractivity contribution is -0.147. The molecule has 0 saturated heterocycles. The van der Waals surface area contributed by atoms with E-state index < -0.39 is 22.9 Å². The Morgan fingerprint density at radius 3 is 2.12 bits per heavy atom. The smallest absolute Gasteiger partial charge is 0.407 e. The summed E-state index contributed by atoms with van der Waals surface area (Å²) in [7, 11) is 0. The van der Waals surface area contributed by atoms with Crippen molar-refractivity contribution in [1.29, 1.82) is 0 Å². The van der Waals surface area contributed by atoms with Crippen molar-refractivity contribution in [3.8, 4) is 11.1 Å². The van der Waals surface area contributed by atoms with Gasteiger partial charge in [-0.1, -0.05) is 55.0 Å². The van der Waals surface area contributed by atoms with Gasteiger partial charge in [-0.25, -0.2) is 4.79 Å². The van der Waals surface area contributed by atoms with Crippen molar-refractivity contribution < 1.29 is 24.2 Å². The van der Waals surface area contributed by atoms with E-state index >= 15 is 0 Å². The van der Waals surface area contributed by atoms with Gasteiger partial charge in [0.15, 0.2) is 0 Å². The third kappa shape index (κ3) is 4.65. The van der Waals surface area contributed by atoms with Crippen LogP contribution in [0, 0.1) is 10.8 Å². The fourth-order valence-electron chi connectivity index (χ4n) is 4.76. The molecular formula is C27H32N2O5. The van der Waals surface area contributed by atoms with Crippen LogP contribution < -0.4 is 10.6 Å². The second-order valence-electron chi connectivity index (χ2n) is 10.0. The Balaban J connectivity index is 1.30. The lowest BCUT2D eigenvalue weighted by Gasteiger charge is -2.40. The van der Waals surface area contributed by atoms with Crippen molar-refractivity contribution in [1.82, 2.24) is 10.6 Å². The van der Waals surface area contributed by atoms with Gasteiger partial charge < -0.3 is 20.5 Å². The van der Waals surface area contributed by atoms with Crippen LogP contribution in [0.2, 0.25) is 0 Å². The van der Waals surface area contributed by atoms with Crippen molar-refractivity contribution in [2.24, 2.45) is 10.8 Å². The number of aliphatic carboxylic acids is 1. The molecule has 0 aromatic heterocycles. The summed E-state index contributed by atoms with van der Waals surface area (Å²) in [6, 6.07) is 16.3. The number of amides is 2. The summed E-state index contributed by atoms with van der Waals surface area (Å²) in [4.78, 5) is 36.6. The summed E-state index contributed by atoms with van der Waals surface area (Å²) in [5, 5.41) is 14.9. The van der Waals surface area contributed by atoms with Crippen LogP contribution in [0.5, 0.6) is 0 Å². The molecule has 34 heavy (non-hydrogen) atoms. The number of carboxylic acids is 1. The third-order valence-electron chi connectivity index (χ3n) is 7.32. The van der Waals surface area contributed by atoms with Crippen LogP contribution in [0.3, 0.4) is 0 Å². The Morgan fingerprint density at radius 2 is 1.59 bits per heavy atom. The molecule has 3 N–H and O–H groups in total. The Kier molecular flexibility index (Phi) is 6.64. The van der Waals surface area contributed by atoms with Gasteiger partial charge in [-0.05, 0) is 55.4 Å². The van der Waals surface area contributed by atoms with Crippen molar-refractivity contribution in [3.05, 3.63) is 59.7 Å².